The van der Waals surface area contributed by atoms with Crippen LogP contribution in [-0.4, -0.2) is 20.9 Å². The first kappa shape index (κ1) is 12.8. The fourth-order valence-electron chi connectivity index (χ4n) is 1.84. The molecule has 4 nitrogen and oxygen atoms in total. The molecule has 2 rings (SSSR count). The van der Waals surface area contributed by atoms with E-state index >= 15 is 0 Å². The summed E-state index contributed by atoms with van der Waals surface area (Å²) in [7, 11) is 1.84. The molecule has 0 radical (unpaired) electrons. The summed E-state index contributed by atoms with van der Waals surface area (Å²) in [6.45, 7) is 0. The molecule has 0 aliphatic heterocycles. The maximum absolute atomic E-state index is 10.6. The van der Waals surface area contributed by atoms with E-state index in [1.165, 1.54) is 0 Å². The molecule has 0 aliphatic rings. The van der Waals surface area contributed by atoms with Crippen LogP contribution in [0.2, 0.25) is 0 Å². The Hall–Kier alpha value is -1.62. The molecule has 1 aromatic heterocycles. The van der Waals surface area contributed by atoms with Crippen LogP contribution in [-0.2, 0) is 18.3 Å². The lowest BCUT2D eigenvalue weighted by atomic mass is 10.0. The van der Waals surface area contributed by atoms with Gasteiger partial charge in [-0.05, 0) is 17.7 Å². The molecule has 0 spiro atoms. The van der Waals surface area contributed by atoms with E-state index in [4.69, 9.17) is 5.11 Å². The molecule has 2 aromatic rings. The van der Waals surface area contributed by atoms with Crippen LogP contribution >= 0.6 is 15.9 Å². The number of nitrogens with zero attached hydrogens (tertiary/aromatic N) is 2. The van der Waals surface area contributed by atoms with Crippen LogP contribution in [0.25, 0.3) is 11.1 Å². The molecule has 0 fully saturated rings. The van der Waals surface area contributed by atoms with E-state index in [2.05, 4.69) is 21.0 Å². The third-order valence-electron chi connectivity index (χ3n) is 2.62. The van der Waals surface area contributed by atoms with Crippen molar-refractivity contribution in [3.63, 3.8) is 0 Å². The topological polar surface area (TPSA) is 55.1 Å². The summed E-state index contributed by atoms with van der Waals surface area (Å²) in [5, 5.41) is 13.1. The van der Waals surface area contributed by atoms with E-state index in [9.17, 15) is 4.79 Å². The molecule has 94 valence electrons. The largest absolute Gasteiger partial charge is 0.481 e. The monoisotopic (exact) mass is 308 g/mol. The van der Waals surface area contributed by atoms with Crippen molar-refractivity contribution < 1.29 is 9.90 Å². The fraction of sp³-hybridized carbons (Fsp3) is 0.231. The number of aliphatic carboxylic acids is 1. The Bertz CT molecular complexity index is 578. The highest BCUT2D eigenvalue weighted by Gasteiger charge is 2.11. The van der Waals surface area contributed by atoms with Crippen molar-refractivity contribution in [1.82, 2.24) is 9.78 Å². The number of benzene rings is 1. The minimum absolute atomic E-state index is 0.0953. The van der Waals surface area contributed by atoms with E-state index in [1.54, 1.807) is 4.68 Å². The number of carboxylic acid groups (broad SMARTS) is 1. The number of rotatable bonds is 4. The number of hydrogen-bond donors (Lipinski definition) is 1. The molecule has 0 unspecified atom stereocenters. The van der Waals surface area contributed by atoms with Crippen molar-refractivity contribution in [3.05, 3.63) is 40.6 Å². The lowest BCUT2D eigenvalue weighted by Gasteiger charge is -2.02. The number of carboxylic acids is 1. The third-order valence-corrected chi connectivity index (χ3v) is 3.11. The number of halogens is 1. The highest BCUT2D eigenvalue weighted by Crippen LogP contribution is 2.26. The van der Waals surface area contributed by atoms with Gasteiger partial charge in [0.15, 0.2) is 0 Å². The average molecular weight is 309 g/mol. The summed E-state index contributed by atoms with van der Waals surface area (Å²) in [5.74, 6) is -0.805. The molecule has 0 saturated heterocycles. The minimum Gasteiger partial charge on any atom is -0.481 e. The number of hydrogen-bond acceptors (Lipinski definition) is 2. The van der Waals surface area contributed by atoms with Gasteiger partial charge in [0.25, 0.3) is 0 Å². The summed E-state index contributed by atoms with van der Waals surface area (Å²) in [6.07, 6.45) is 2.45. The second kappa shape index (κ2) is 5.35. The first-order valence-electron chi connectivity index (χ1n) is 5.56. The zero-order chi connectivity index (χ0) is 13.1. The Labute approximate surface area is 113 Å². The standard InChI is InChI=1S/C13H13BrN2O2/c1-16-8-11(9-3-2-4-10(14)7-9)12(15-16)5-6-13(17)18/h2-4,7-8H,5-6H2,1H3,(H,17,18). The molecule has 1 aromatic carbocycles. The quantitative estimate of drug-likeness (QED) is 0.945. The van der Waals surface area contributed by atoms with Gasteiger partial charge >= 0.3 is 5.97 Å². The molecule has 18 heavy (non-hydrogen) atoms. The number of carbonyl (C=O) groups is 1. The molecule has 0 atom stereocenters. The summed E-state index contributed by atoms with van der Waals surface area (Å²) in [6, 6.07) is 7.90. The molecule has 1 heterocycles. The van der Waals surface area contributed by atoms with Gasteiger partial charge in [-0.15, -0.1) is 0 Å². The molecular formula is C13H13BrN2O2. The molecule has 0 aliphatic carbocycles. The maximum Gasteiger partial charge on any atom is 0.303 e. The Morgan fingerprint density at radius 1 is 1.50 bits per heavy atom. The third kappa shape index (κ3) is 2.98. The average Bonchev–Trinajstić information content (AvgIpc) is 2.68. The van der Waals surface area contributed by atoms with Gasteiger partial charge in [0.2, 0.25) is 0 Å². The molecule has 0 amide bonds. The van der Waals surface area contributed by atoms with Crippen LogP contribution in [0.15, 0.2) is 34.9 Å². The molecule has 0 bridgehead atoms. The predicted octanol–water partition coefficient (Wildman–Crippen LogP) is 2.87. The predicted molar refractivity (Wildman–Crippen MR) is 72.3 cm³/mol. The minimum atomic E-state index is -0.805. The van der Waals surface area contributed by atoms with E-state index in [1.807, 2.05) is 37.5 Å². The second-order valence-electron chi connectivity index (χ2n) is 4.07. The van der Waals surface area contributed by atoms with Crippen molar-refractivity contribution in [2.24, 2.45) is 7.05 Å². The van der Waals surface area contributed by atoms with Crippen LogP contribution in [0.4, 0.5) is 0 Å². The Kier molecular flexibility index (Phi) is 3.81. The molecule has 5 heteroatoms. The normalized spacial score (nSPS) is 10.6. The summed E-state index contributed by atoms with van der Waals surface area (Å²) in [5.41, 5.74) is 2.84. The molecular weight excluding hydrogens is 296 g/mol. The van der Waals surface area contributed by atoms with Gasteiger partial charge in [-0.3, -0.25) is 9.48 Å². The highest BCUT2D eigenvalue weighted by atomic mass is 79.9. The van der Waals surface area contributed by atoms with Crippen LogP contribution < -0.4 is 0 Å². The van der Waals surface area contributed by atoms with E-state index in [0.29, 0.717) is 6.42 Å². The summed E-state index contributed by atoms with van der Waals surface area (Å²) >= 11 is 3.43. The number of aromatic nitrogens is 2. The first-order chi connectivity index (χ1) is 8.56. The van der Waals surface area contributed by atoms with Crippen molar-refractivity contribution in [2.45, 2.75) is 12.8 Å². The SMILES string of the molecule is Cn1cc(-c2cccc(Br)c2)c(CCC(=O)O)n1. The van der Waals surface area contributed by atoms with Gasteiger partial charge in [-0.1, -0.05) is 28.1 Å². The van der Waals surface area contributed by atoms with Gasteiger partial charge in [-0.25, -0.2) is 0 Å². The van der Waals surface area contributed by atoms with Gasteiger partial charge < -0.3 is 5.11 Å². The first-order valence-corrected chi connectivity index (χ1v) is 6.36. The van der Waals surface area contributed by atoms with E-state index < -0.39 is 5.97 Å². The van der Waals surface area contributed by atoms with Gasteiger partial charge in [-0.2, -0.15) is 5.10 Å². The lowest BCUT2D eigenvalue weighted by Crippen LogP contribution is -1.99. The van der Waals surface area contributed by atoms with Gasteiger partial charge in [0.1, 0.15) is 0 Å². The number of aryl methyl sites for hydroxylation is 2. The van der Waals surface area contributed by atoms with Gasteiger partial charge in [0, 0.05) is 29.7 Å². The summed E-state index contributed by atoms with van der Waals surface area (Å²) in [4.78, 5) is 10.6. The lowest BCUT2D eigenvalue weighted by molar-refractivity contribution is -0.136. The highest BCUT2D eigenvalue weighted by molar-refractivity contribution is 9.10. The van der Waals surface area contributed by atoms with E-state index in [0.717, 1.165) is 21.3 Å². The van der Waals surface area contributed by atoms with Crippen molar-refractivity contribution >= 4 is 21.9 Å². The van der Waals surface area contributed by atoms with Crippen molar-refractivity contribution in [1.29, 1.82) is 0 Å². The molecule has 0 saturated carbocycles. The van der Waals surface area contributed by atoms with Crippen molar-refractivity contribution in [2.75, 3.05) is 0 Å². The zero-order valence-electron chi connectivity index (χ0n) is 9.93. The Morgan fingerprint density at radius 3 is 2.94 bits per heavy atom. The van der Waals surface area contributed by atoms with E-state index in [-0.39, 0.29) is 6.42 Å². The Balaban J connectivity index is 2.35. The zero-order valence-corrected chi connectivity index (χ0v) is 11.5. The fourth-order valence-corrected chi connectivity index (χ4v) is 2.24. The van der Waals surface area contributed by atoms with Crippen molar-refractivity contribution in [3.8, 4) is 11.1 Å². The second-order valence-corrected chi connectivity index (χ2v) is 4.98. The smallest absolute Gasteiger partial charge is 0.303 e. The van der Waals surface area contributed by atoms with Crippen LogP contribution in [0, 0.1) is 0 Å². The van der Waals surface area contributed by atoms with Crippen LogP contribution in [0.1, 0.15) is 12.1 Å². The summed E-state index contributed by atoms with van der Waals surface area (Å²) < 4.78 is 2.71. The van der Waals surface area contributed by atoms with Crippen LogP contribution in [0.5, 0.6) is 0 Å². The maximum atomic E-state index is 10.6. The molecule has 1 N–H and O–H groups in total. The van der Waals surface area contributed by atoms with Crippen LogP contribution in [0.3, 0.4) is 0 Å². The Morgan fingerprint density at radius 2 is 2.28 bits per heavy atom. The van der Waals surface area contributed by atoms with Gasteiger partial charge in [0.05, 0.1) is 12.1 Å².